The molecule has 154 valence electrons. The number of ether oxygens (including phenoxy) is 4. The van der Waals surface area contributed by atoms with Gasteiger partial charge in [-0.25, -0.2) is 0 Å². The first-order valence-electron chi connectivity index (χ1n) is 10.2. The van der Waals surface area contributed by atoms with Gasteiger partial charge in [-0.3, -0.25) is 0 Å². The summed E-state index contributed by atoms with van der Waals surface area (Å²) in [6.07, 6.45) is 4.16. The topological polar surface area (TPSA) is 36.9 Å². The molecule has 2 aromatic rings. The SMILES string of the molecule is CCOCOc1c(C)cccc1CCCCc1cccc(C)c1OCOCC. The normalized spacial score (nSPS) is 10.9. The fraction of sp³-hybridized carbons (Fsp3) is 0.500. The Hall–Kier alpha value is -2.04. The number of rotatable bonds is 13. The molecule has 0 fully saturated rings. The summed E-state index contributed by atoms with van der Waals surface area (Å²) in [4.78, 5) is 0. The van der Waals surface area contributed by atoms with Gasteiger partial charge in [-0.1, -0.05) is 36.4 Å². The summed E-state index contributed by atoms with van der Waals surface area (Å²) in [6, 6.07) is 12.7. The van der Waals surface area contributed by atoms with Gasteiger partial charge in [0.2, 0.25) is 0 Å². The zero-order valence-corrected chi connectivity index (χ0v) is 17.8. The molecule has 0 spiro atoms. The molecule has 0 radical (unpaired) electrons. The van der Waals surface area contributed by atoms with E-state index in [1.165, 1.54) is 11.1 Å². The summed E-state index contributed by atoms with van der Waals surface area (Å²) < 4.78 is 22.4. The molecule has 0 N–H and O–H groups in total. The number of benzene rings is 2. The molecule has 2 aromatic carbocycles. The zero-order chi connectivity index (χ0) is 20.2. The van der Waals surface area contributed by atoms with E-state index >= 15 is 0 Å². The number of unbranched alkanes of at least 4 members (excludes halogenated alkanes) is 1. The average Bonchev–Trinajstić information content (AvgIpc) is 2.69. The van der Waals surface area contributed by atoms with Crippen LogP contribution >= 0.6 is 0 Å². The highest BCUT2D eigenvalue weighted by atomic mass is 16.7. The Balaban J connectivity index is 1.91. The zero-order valence-electron chi connectivity index (χ0n) is 17.8. The Morgan fingerprint density at radius 1 is 0.643 bits per heavy atom. The third-order valence-electron chi connectivity index (χ3n) is 4.71. The molecule has 0 saturated heterocycles. The van der Waals surface area contributed by atoms with Crippen LogP contribution in [0.2, 0.25) is 0 Å². The third-order valence-corrected chi connectivity index (χ3v) is 4.71. The lowest BCUT2D eigenvalue weighted by Crippen LogP contribution is -2.06. The molecule has 4 heteroatoms. The van der Waals surface area contributed by atoms with Gasteiger partial charge < -0.3 is 18.9 Å². The van der Waals surface area contributed by atoms with E-state index in [1.54, 1.807) is 0 Å². The molecule has 0 bridgehead atoms. The van der Waals surface area contributed by atoms with Crippen LogP contribution in [0.1, 0.15) is 48.9 Å². The number of hydrogen-bond donors (Lipinski definition) is 0. The summed E-state index contributed by atoms with van der Waals surface area (Å²) in [7, 11) is 0. The van der Waals surface area contributed by atoms with Crippen molar-refractivity contribution >= 4 is 0 Å². The van der Waals surface area contributed by atoms with Crippen LogP contribution in [0.15, 0.2) is 36.4 Å². The molecule has 4 nitrogen and oxygen atoms in total. The van der Waals surface area contributed by atoms with E-state index in [1.807, 2.05) is 13.8 Å². The monoisotopic (exact) mass is 386 g/mol. The second-order valence-corrected chi connectivity index (χ2v) is 6.84. The van der Waals surface area contributed by atoms with Crippen LogP contribution in [0.25, 0.3) is 0 Å². The van der Waals surface area contributed by atoms with Crippen molar-refractivity contribution in [3.8, 4) is 11.5 Å². The highest BCUT2D eigenvalue weighted by Crippen LogP contribution is 2.27. The Morgan fingerprint density at radius 2 is 1.07 bits per heavy atom. The van der Waals surface area contributed by atoms with Crippen LogP contribution in [0, 0.1) is 13.8 Å². The summed E-state index contributed by atoms with van der Waals surface area (Å²) >= 11 is 0. The van der Waals surface area contributed by atoms with Crippen LogP contribution in [0.4, 0.5) is 0 Å². The predicted molar refractivity (Wildman–Crippen MR) is 113 cm³/mol. The number of para-hydroxylation sites is 2. The molecule has 0 aromatic heterocycles. The minimum Gasteiger partial charge on any atom is -0.467 e. The molecule has 0 heterocycles. The molecule has 28 heavy (non-hydrogen) atoms. The lowest BCUT2D eigenvalue weighted by atomic mass is 10.00. The minimum absolute atomic E-state index is 0.304. The van der Waals surface area contributed by atoms with Crippen molar-refractivity contribution in [3.05, 3.63) is 58.7 Å². The van der Waals surface area contributed by atoms with Crippen molar-refractivity contribution in [2.24, 2.45) is 0 Å². The maximum atomic E-state index is 5.86. The first-order chi connectivity index (χ1) is 13.7. The Bertz CT molecular complexity index is 650. The maximum absolute atomic E-state index is 5.86. The average molecular weight is 387 g/mol. The lowest BCUT2D eigenvalue weighted by molar-refractivity contribution is 0.0211. The maximum Gasteiger partial charge on any atom is 0.189 e. The fourth-order valence-corrected chi connectivity index (χ4v) is 3.23. The molecule has 0 aliphatic heterocycles. The van der Waals surface area contributed by atoms with Crippen molar-refractivity contribution in [2.75, 3.05) is 26.8 Å². The van der Waals surface area contributed by atoms with Gasteiger partial charge in [-0.05, 0) is 75.6 Å². The summed E-state index contributed by atoms with van der Waals surface area (Å²) in [5, 5.41) is 0. The third kappa shape index (κ3) is 6.84. The van der Waals surface area contributed by atoms with Crippen molar-refractivity contribution in [2.45, 2.75) is 53.4 Å². The Morgan fingerprint density at radius 3 is 1.46 bits per heavy atom. The van der Waals surface area contributed by atoms with Crippen molar-refractivity contribution in [1.29, 1.82) is 0 Å². The van der Waals surface area contributed by atoms with Gasteiger partial charge in [0.15, 0.2) is 13.6 Å². The van der Waals surface area contributed by atoms with Crippen LogP contribution in [0.3, 0.4) is 0 Å². The lowest BCUT2D eigenvalue weighted by Gasteiger charge is -2.15. The van der Waals surface area contributed by atoms with E-state index in [9.17, 15) is 0 Å². The van der Waals surface area contributed by atoms with Gasteiger partial charge >= 0.3 is 0 Å². The molecular weight excluding hydrogens is 352 g/mol. The molecule has 0 saturated carbocycles. The van der Waals surface area contributed by atoms with Gasteiger partial charge in [0.05, 0.1) is 0 Å². The summed E-state index contributed by atoms with van der Waals surface area (Å²) in [5.41, 5.74) is 4.80. The van der Waals surface area contributed by atoms with Gasteiger partial charge in [-0.2, -0.15) is 0 Å². The standard InChI is InChI=1S/C24H34O4/c1-5-25-17-27-23-19(3)11-9-15-21(23)13-7-8-14-22-16-10-12-20(4)24(22)28-18-26-6-2/h9-12,15-16H,5-8,13-14,17-18H2,1-4H3. The Kier molecular flexibility index (Phi) is 9.87. The van der Waals surface area contributed by atoms with E-state index < -0.39 is 0 Å². The van der Waals surface area contributed by atoms with Gasteiger partial charge in [-0.15, -0.1) is 0 Å². The Labute approximate surface area is 169 Å². The molecule has 0 atom stereocenters. The number of aryl methyl sites for hydroxylation is 4. The highest BCUT2D eigenvalue weighted by Gasteiger charge is 2.09. The second-order valence-electron chi connectivity index (χ2n) is 6.84. The fourth-order valence-electron chi connectivity index (χ4n) is 3.23. The van der Waals surface area contributed by atoms with E-state index in [2.05, 4.69) is 50.2 Å². The van der Waals surface area contributed by atoms with E-state index in [0.717, 1.165) is 48.3 Å². The van der Waals surface area contributed by atoms with Crippen LogP contribution < -0.4 is 9.47 Å². The van der Waals surface area contributed by atoms with Gasteiger partial charge in [0, 0.05) is 13.2 Å². The first-order valence-corrected chi connectivity index (χ1v) is 10.2. The molecule has 2 rings (SSSR count). The van der Waals surface area contributed by atoms with Crippen LogP contribution in [-0.2, 0) is 22.3 Å². The highest BCUT2D eigenvalue weighted by molar-refractivity contribution is 5.42. The van der Waals surface area contributed by atoms with Gasteiger partial charge in [0.25, 0.3) is 0 Å². The second kappa shape index (κ2) is 12.4. The van der Waals surface area contributed by atoms with E-state index in [4.69, 9.17) is 18.9 Å². The van der Waals surface area contributed by atoms with Crippen molar-refractivity contribution in [3.63, 3.8) is 0 Å². The molecule has 0 aliphatic rings. The van der Waals surface area contributed by atoms with Crippen LogP contribution in [0.5, 0.6) is 11.5 Å². The molecule has 0 unspecified atom stereocenters. The molecular formula is C24H34O4. The molecule has 0 amide bonds. The van der Waals surface area contributed by atoms with Crippen LogP contribution in [-0.4, -0.2) is 26.8 Å². The van der Waals surface area contributed by atoms with Gasteiger partial charge in [0.1, 0.15) is 11.5 Å². The van der Waals surface area contributed by atoms with Crippen molar-refractivity contribution in [1.82, 2.24) is 0 Å². The predicted octanol–water partition coefficient (Wildman–Crippen LogP) is 5.61. The van der Waals surface area contributed by atoms with E-state index in [-0.39, 0.29) is 0 Å². The summed E-state index contributed by atoms with van der Waals surface area (Å²) in [6.45, 7) is 10.0. The first kappa shape index (κ1) is 22.3. The van der Waals surface area contributed by atoms with E-state index in [0.29, 0.717) is 26.8 Å². The molecule has 0 aliphatic carbocycles. The minimum atomic E-state index is 0.304. The largest absolute Gasteiger partial charge is 0.467 e. The number of hydrogen-bond acceptors (Lipinski definition) is 4. The summed E-state index contributed by atoms with van der Waals surface area (Å²) in [5.74, 6) is 1.93. The quantitative estimate of drug-likeness (QED) is 0.331. The smallest absolute Gasteiger partial charge is 0.189 e. The van der Waals surface area contributed by atoms with Crippen molar-refractivity contribution < 1.29 is 18.9 Å².